The molecule has 1 aromatic carbocycles. The van der Waals surface area contributed by atoms with E-state index in [4.69, 9.17) is 0 Å². The maximum atomic E-state index is 4.21. The van der Waals surface area contributed by atoms with E-state index in [9.17, 15) is 0 Å². The number of nitrogens with zero attached hydrogens (tertiary/aromatic N) is 2. The third-order valence-electron chi connectivity index (χ3n) is 2.02. The van der Waals surface area contributed by atoms with Crippen molar-refractivity contribution in [2.45, 2.75) is 6.92 Å². The van der Waals surface area contributed by atoms with Gasteiger partial charge in [0.15, 0.2) is 0 Å². The average molecular weight is 187 g/mol. The standard InChI is InChI=1S/C11H13N3/c1-2-12-10-6-3-4-7-11(10)14-9-5-8-13-14/h3-9,12H,2H2,1H3. The highest BCUT2D eigenvalue weighted by Crippen LogP contribution is 2.18. The monoisotopic (exact) mass is 187 g/mol. The van der Waals surface area contributed by atoms with Crippen LogP contribution in [0.1, 0.15) is 6.92 Å². The summed E-state index contributed by atoms with van der Waals surface area (Å²) in [4.78, 5) is 0. The van der Waals surface area contributed by atoms with Crippen molar-refractivity contribution in [1.82, 2.24) is 9.78 Å². The van der Waals surface area contributed by atoms with Gasteiger partial charge >= 0.3 is 0 Å². The van der Waals surface area contributed by atoms with E-state index in [-0.39, 0.29) is 0 Å². The van der Waals surface area contributed by atoms with Gasteiger partial charge in [-0.05, 0) is 25.1 Å². The molecule has 0 bridgehead atoms. The summed E-state index contributed by atoms with van der Waals surface area (Å²) < 4.78 is 1.86. The van der Waals surface area contributed by atoms with Gasteiger partial charge in [-0.3, -0.25) is 0 Å². The van der Waals surface area contributed by atoms with Gasteiger partial charge in [-0.1, -0.05) is 12.1 Å². The van der Waals surface area contributed by atoms with E-state index < -0.39 is 0 Å². The third kappa shape index (κ3) is 1.62. The summed E-state index contributed by atoms with van der Waals surface area (Å²) in [5.41, 5.74) is 2.19. The Morgan fingerprint density at radius 1 is 1.29 bits per heavy atom. The molecule has 14 heavy (non-hydrogen) atoms. The molecule has 0 spiro atoms. The van der Waals surface area contributed by atoms with E-state index in [0.29, 0.717) is 0 Å². The smallest absolute Gasteiger partial charge is 0.0876 e. The molecule has 2 rings (SSSR count). The number of aromatic nitrogens is 2. The Hall–Kier alpha value is -1.77. The van der Waals surface area contributed by atoms with E-state index in [0.717, 1.165) is 17.9 Å². The van der Waals surface area contributed by atoms with Crippen LogP contribution in [0.4, 0.5) is 5.69 Å². The van der Waals surface area contributed by atoms with Gasteiger partial charge in [-0.25, -0.2) is 4.68 Å². The normalized spacial score (nSPS) is 10.1. The maximum absolute atomic E-state index is 4.21. The summed E-state index contributed by atoms with van der Waals surface area (Å²) in [6, 6.07) is 10.1. The van der Waals surface area contributed by atoms with Crippen LogP contribution in [0.25, 0.3) is 5.69 Å². The fourth-order valence-electron chi connectivity index (χ4n) is 1.42. The van der Waals surface area contributed by atoms with Crippen LogP contribution in [0.15, 0.2) is 42.7 Å². The van der Waals surface area contributed by atoms with Crippen LogP contribution in [0.5, 0.6) is 0 Å². The molecule has 0 radical (unpaired) electrons. The number of anilines is 1. The largest absolute Gasteiger partial charge is 0.384 e. The summed E-state index contributed by atoms with van der Waals surface area (Å²) in [5, 5.41) is 7.51. The van der Waals surface area contributed by atoms with Crippen molar-refractivity contribution < 1.29 is 0 Å². The number of rotatable bonds is 3. The van der Waals surface area contributed by atoms with Crippen molar-refractivity contribution in [3.63, 3.8) is 0 Å². The summed E-state index contributed by atoms with van der Waals surface area (Å²) in [7, 11) is 0. The fourth-order valence-corrected chi connectivity index (χ4v) is 1.42. The minimum atomic E-state index is 0.915. The van der Waals surface area contributed by atoms with Gasteiger partial charge in [0.05, 0.1) is 11.4 Å². The average Bonchev–Trinajstić information content (AvgIpc) is 2.72. The lowest BCUT2D eigenvalue weighted by Gasteiger charge is -2.09. The van der Waals surface area contributed by atoms with Gasteiger partial charge in [-0.2, -0.15) is 5.10 Å². The molecule has 2 aromatic rings. The molecular weight excluding hydrogens is 174 g/mol. The van der Waals surface area contributed by atoms with Crippen molar-refractivity contribution in [1.29, 1.82) is 0 Å². The number of hydrogen-bond donors (Lipinski definition) is 1. The van der Waals surface area contributed by atoms with Crippen LogP contribution in [0, 0.1) is 0 Å². The van der Waals surface area contributed by atoms with Crippen LogP contribution < -0.4 is 5.32 Å². The van der Waals surface area contributed by atoms with Crippen LogP contribution in [-0.2, 0) is 0 Å². The minimum absolute atomic E-state index is 0.915. The summed E-state index contributed by atoms with van der Waals surface area (Å²) in [6.45, 7) is 3.00. The second kappa shape index (κ2) is 3.96. The zero-order valence-electron chi connectivity index (χ0n) is 8.14. The molecule has 1 heterocycles. The molecule has 0 fully saturated rings. The van der Waals surface area contributed by atoms with Crippen molar-refractivity contribution >= 4 is 5.69 Å². The molecule has 0 atom stereocenters. The highest BCUT2D eigenvalue weighted by molar-refractivity contribution is 5.60. The van der Waals surface area contributed by atoms with Crippen LogP contribution >= 0.6 is 0 Å². The maximum Gasteiger partial charge on any atom is 0.0876 e. The second-order valence-electron chi connectivity index (χ2n) is 3.00. The quantitative estimate of drug-likeness (QED) is 0.799. The fraction of sp³-hybridized carbons (Fsp3) is 0.182. The summed E-state index contributed by atoms with van der Waals surface area (Å²) in [6.07, 6.45) is 3.72. The van der Waals surface area contributed by atoms with E-state index in [1.807, 2.05) is 35.1 Å². The Morgan fingerprint density at radius 3 is 2.86 bits per heavy atom. The van der Waals surface area contributed by atoms with Gasteiger partial charge in [0.1, 0.15) is 0 Å². The number of nitrogens with one attached hydrogen (secondary N) is 1. The molecule has 0 saturated carbocycles. The number of benzene rings is 1. The SMILES string of the molecule is CCNc1ccccc1-n1cccn1. The van der Waals surface area contributed by atoms with Crippen molar-refractivity contribution in [2.75, 3.05) is 11.9 Å². The molecule has 0 unspecified atom stereocenters. The Bertz CT molecular complexity index is 393. The molecule has 0 saturated heterocycles. The molecular formula is C11H13N3. The summed E-state index contributed by atoms with van der Waals surface area (Å²) >= 11 is 0. The van der Waals surface area contributed by atoms with Gasteiger partial charge in [0, 0.05) is 18.9 Å². The van der Waals surface area contributed by atoms with E-state index >= 15 is 0 Å². The molecule has 3 nitrogen and oxygen atoms in total. The molecule has 1 aromatic heterocycles. The van der Waals surface area contributed by atoms with Crippen LogP contribution in [0.3, 0.4) is 0 Å². The first-order valence-electron chi connectivity index (χ1n) is 4.74. The Kier molecular flexibility index (Phi) is 2.49. The lowest BCUT2D eigenvalue weighted by Crippen LogP contribution is -2.03. The molecule has 3 heteroatoms. The van der Waals surface area contributed by atoms with Crippen molar-refractivity contribution in [3.05, 3.63) is 42.7 Å². The van der Waals surface area contributed by atoms with Crippen LogP contribution in [-0.4, -0.2) is 16.3 Å². The van der Waals surface area contributed by atoms with Gasteiger partial charge in [-0.15, -0.1) is 0 Å². The summed E-state index contributed by atoms with van der Waals surface area (Å²) in [5.74, 6) is 0. The molecule has 1 N–H and O–H groups in total. The van der Waals surface area contributed by atoms with Gasteiger partial charge in [0.25, 0.3) is 0 Å². The predicted molar refractivity (Wildman–Crippen MR) is 57.7 cm³/mol. The van der Waals surface area contributed by atoms with E-state index in [2.05, 4.69) is 23.4 Å². The topological polar surface area (TPSA) is 29.9 Å². The lowest BCUT2D eigenvalue weighted by atomic mass is 10.2. The molecule has 0 aliphatic heterocycles. The first-order valence-corrected chi connectivity index (χ1v) is 4.74. The zero-order chi connectivity index (χ0) is 9.80. The highest BCUT2D eigenvalue weighted by Gasteiger charge is 2.01. The van der Waals surface area contributed by atoms with Gasteiger partial charge < -0.3 is 5.32 Å². The number of hydrogen-bond acceptors (Lipinski definition) is 2. The zero-order valence-corrected chi connectivity index (χ0v) is 8.14. The molecule has 72 valence electrons. The van der Waals surface area contributed by atoms with Crippen molar-refractivity contribution in [2.24, 2.45) is 0 Å². The molecule has 0 amide bonds. The molecule has 0 aliphatic rings. The van der Waals surface area contributed by atoms with Crippen LogP contribution in [0.2, 0.25) is 0 Å². The van der Waals surface area contributed by atoms with Gasteiger partial charge in [0.2, 0.25) is 0 Å². The first kappa shape index (κ1) is 8.81. The Morgan fingerprint density at radius 2 is 2.14 bits per heavy atom. The van der Waals surface area contributed by atoms with E-state index in [1.54, 1.807) is 6.20 Å². The second-order valence-corrected chi connectivity index (χ2v) is 3.00. The van der Waals surface area contributed by atoms with E-state index in [1.165, 1.54) is 0 Å². The number of para-hydroxylation sites is 2. The lowest BCUT2D eigenvalue weighted by molar-refractivity contribution is 0.880. The Balaban J connectivity index is 2.42. The molecule has 0 aliphatic carbocycles. The predicted octanol–water partition coefficient (Wildman–Crippen LogP) is 2.30. The third-order valence-corrected chi connectivity index (χ3v) is 2.02. The first-order chi connectivity index (χ1) is 6.92. The minimum Gasteiger partial charge on any atom is -0.384 e. The Labute approximate surface area is 83.4 Å². The highest BCUT2D eigenvalue weighted by atomic mass is 15.3. The van der Waals surface area contributed by atoms with Crippen molar-refractivity contribution in [3.8, 4) is 5.69 Å².